The van der Waals surface area contributed by atoms with Gasteiger partial charge in [0.25, 0.3) is 0 Å². The summed E-state index contributed by atoms with van der Waals surface area (Å²) < 4.78 is 5.81. The Hall–Kier alpha value is -1.41. The fourth-order valence-electron chi connectivity index (χ4n) is 2.52. The maximum atomic E-state index is 5.81. The highest BCUT2D eigenvalue weighted by atomic mass is 32.1. The third-order valence-electron chi connectivity index (χ3n) is 3.84. The van der Waals surface area contributed by atoms with E-state index >= 15 is 0 Å². The summed E-state index contributed by atoms with van der Waals surface area (Å²) in [5.41, 5.74) is 2.34. The Morgan fingerprint density at radius 3 is 2.23 bits per heavy atom. The van der Waals surface area contributed by atoms with Gasteiger partial charge in [0.1, 0.15) is 5.75 Å². The van der Waals surface area contributed by atoms with Crippen LogP contribution in [-0.2, 0) is 0 Å². The molecule has 0 aliphatic rings. The fourth-order valence-corrected chi connectivity index (χ4v) is 2.81. The molecule has 0 aliphatic carbocycles. The minimum Gasteiger partial charge on any atom is -0.494 e. The summed E-state index contributed by atoms with van der Waals surface area (Å²) >= 11 is 4.51. The Morgan fingerprint density at radius 2 is 1.50 bits per heavy atom. The van der Waals surface area contributed by atoms with Gasteiger partial charge in [0.2, 0.25) is 0 Å². The van der Waals surface area contributed by atoms with Gasteiger partial charge in [0.15, 0.2) is 0 Å². The Bertz CT molecular complexity index is 548. The molecule has 2 rings (SSSR count). The van der Waals surface area contributed by atoms with Crippen LogP contribution in [0.5, 0.6) is 5.75 Å². The van der Waals surface area contributed by atoms with Gasteiger partial charge in [0.05, 0.1) is 6.61 Å². The summed E-state index contributed by atoms with van der Waals surface area (Å²) in [6.07, 6.45) is 7.76. The molecule has 0 atom stereocenters. The first-order chi connectivity index (χ1) is 10.8. The molecule has 0 heterocycles. The summed E-state index contributed by atoms with van der Waals surface area (Å²) in [7, 11) is 0. The van der Waals surface area contributed by atoms with Gasteiger partial charge in [-0.05, 0) is 35.7 Å². The first-order valence-electron chi connectivity index (χ1n) is 8.32. The quantitative estimate of drug-likeness (QED) is 0.417. The molecule has 0 saturated carbocycles. The molecule has 2 aromatic rings. The van der Waals surface area contributed by atoms with Crippen molar-refractivity contribution >= 4 is 12.6 Å². The molecule has 118 valence electrons. The van der Waals surface area contributed by atoms with Crippen LogP contribution in [0, 0.1) is 0 Å². The highest BCUT2D eigenvalue weighted by molar-refractivity contribution is 7.80. The zero-order chi connectivity index (χ0) is 15.6. The SMILES string of the molecule is CCCCCCCCOc1ccc(-c2ccccc2S)cc1. The number of unbranched alkanes of at least 4 members (excludes halogenated alkanes) is 5. The van der Waals surface area contributed by atoms with E-state index in [4.69, 9.17) is 4.74 Å². The number of rotatable bonds is 9. The molecule has 0 spiro atoms. The lowest BCUT2D eigenvalue weighted by Gasteiger charge is -2.08. The number of hydrogen-bond acceptors (Lipinski definition) is 2. The standard InChI is InChI=1S/C20H26OS/c1-2-3-4-5-6-9-16-21-18-14-12-17(13-15-18)19-10-7-8-11-20(19)22/h7-8,10-15,22H,2-6,9,16H2,1H3. The van der Waals surface area contributed by atoms with E-state index in [0.29, 0.717) is 0 Å². The van der Waals surface area contributed by atoms with Crippen LogP contribution in [0.2, 0.25) is 0 Å². The van der Waals surface area contributed by atoms with Crippen molar-refractivity contribution in [2.24, 2.45) is 0 Å². The van der Waals surface area contributed by atoms with Crippen molar-refractivity contribution in [3.8, 4) is 16.9 Å². The Labute approximate surface area is 140 Å². The molecule has 2 heteroatoms. The van der Waals surface area contributed by atoms with Gasteiger partial charge in [0, 0.05) is 4.90 Å². The molecular formula is C20H26OS. The molecule has 0 unspecified atom stereocenters. The van der Waals surface area contributed by atoms with Crippen LogP contribution in [-0.4, -0.2) is 6.61 Å². The van der Waals surface area contributed by atoms with Gasteiger partial charge in [-0.1, -0.05) is 69.4 Å². The zero-order valence-corrected chi connectivity index (χ0v) is 14.3. The van der Waals surface area contributed by atoms with Crippen molar-refractivity contribution in [2.75, 3.05) is 6.61 Å². The lowest BCUT2D eigenvalue weighted by atomic mass is 10.1. The van der Waals surface area contributed by atoms with Crippen LogP contribution in [0.4, 0.5) is 0 Å². The Morgan fingerprint density at radius 1 is 0.818 bits per heavy atom. The molecule has 0 fully saturated rings. The average molecular weight is 314 g/mol. The molecular weight excluding hydrogens is 288 g/mol. The first-order valence-corrected chi connectivity index (χ1v) is 8.77. The largest absolute Gasteiger partial charge is 0.494 e. The molecule has 2 aromatic carbocycles. The summed E-state index contributed by atoms with van der Waals surface area (Å²) in [5, 5.41) is 0. The van der Waals surface area contributed by atoms with Crippen LogP contribution >= 0.6 is 12.6 Å². The van der Waals surface area contributed by atoms with Crippen LogP contribution in [0.25, 0.3) is 11.1 Å². The molecule has 0 aromatic heterocycles. The van der Waals surface area contributed by atoms with Crippen LogP contribution < -0.4 is 4.74 Å². The highest BCUT2D eigenvalue weighted by Crippen LogP contribution is 2.27. The minimum absolute atomic E-state index is 0.814. The van der Waals surface area contributed by atoms with E-state index in [2.05, 4.69) is 37.8 Å². The van der Waals surface area contributed by atoms with Crippen molar-refractivity contribution in [3.05, 3.63) is 48.5 Å². The van der Waals surface area contributed by atoms with E-state index < -0.39 is 0 Å². The van der Waals surface area contributed by atoms with E-state index in [1.54, 1.807) is 0 Å². The summed E-state index contributed by atoms with van der Waals surface area (Å²) in [6.45, 7) is 3.06. The average Bonchev–Trinajstić information content (AvgIpc) is 2.55. The van der Waals surface area contributed by atoms with E-state index in [9.17, 15) is 0 Å². The summed E-state index contributed by atoms with van der Waals surface area (Å²) in [5.74, 6) is 0.953. The third kappa shape index (κ3) is 5.42. The molecule has 1 nitrogen and oxygen atoms in total. The predicted molar refractivity (Wildman–Crippen MR) is 98.0 cm³/mol. The van der Waals surface area contributed by atoms with Gasteiger partial charge in [-0.25, -0.2) is 0 Å². The third-order valence-corrected chi connectivity index (χ3v) is 4.23. The minimum atomic E-state index is 0.814. The molecule has 0 amide bonds. The van der Waals surface area contributed by atoms with Gasteiger partial charge in [-0.15, -0.1) is 12.6 Å². The monoisotopic (exact) mass is 314 g/mol. The van der Waals surface area contributed by atoms with E-state index in [1.807, 2.05) is 30.3 Å². The second-order valence-corrected chi connectivity index (χ2v) is 6.14. The maximum Gasteiger partial charge on any atom is 0.119 e. The number of benzene rings is 2. The van der Waals surface area contributed by atoms with Crippen LogP contribution in [0.3, 0.4) is 0 Å². The second-order valence-electron chi connectivity index (χ2n) is 5.66. The van der Waals surface area contributed by atoms with Gasteiger partial charge in [-0.2, -0.15) is 0 Å². The van der Waals surface area contributed by atoms with E-state index in [-0.39, 0.29) is 0 Å². The Balaban J connectivity index is 1.77. The lowest BCUT2D eigenvalue weighted by Crippen LogP contribution is -1.97. The number of thiol groups is 1. The molecule has 22 heavy (non-hydrogen) atoms. The molecule has 0 bridgehead atoms. The lowest BCUT2D eigenvalue weighted by molar-refractivity contribution is 0.304. The number of ether oxygens (including phenoxy) is 1. The van der Waals surface area contributed by atoms with E-state index in [0.717, 1.165) is 29.2 Å². The summed E-state index contributed by atoms with van der Waals surface area (Å²) in [4.78, 5) is 1.00. The van der Waals surface area contributed by atoms with Gasteiger partial charge >= 0.3 is 0 Å². The Kier molecular flexibility index (Phi) is 7.38. The molecule has 0 aliphatic heterocycles. The fraction of sp³-hybridized carbons (Fsp3) is 0.400. The molecule has 0 N–H and O–H groups in total. The number of hydrogen-bond donors (Lipinski definition) is 1. The van der Waals surface area contributed by atoms with Crippen molar-refractivity contribution in [2.45, 2.75) is 50.3 Å². The molecule has 0 radical (unpaired) electrons. The van der Waals surface area contributed by atoms with Crippen LogP contribution in [0.1, 0.15) is 45.4 Å². The topological polar surface area (TPSA) is 9.23 Å². The maximum absolute atomic E-state index is 5.81. The van der Waals surface area contributed by atoms with Crippen molar-refractivity contribution in [1.29, 1.82) is 0 Å². The van der Waals surface area contributed by atoms with Crippen molar-refractivity contribution in [1.82, 2.24) is 0 Å². The van der Waals surface area contributed by atoms with Gasteiger partial charge < -0.3 is 4.74 Å². The normalized spacial score (nSPS) is 10.6. The summed E-state index contributed by atoms with van der Waals surface area (Å²) in [6, 6.07) is 16.5. The van der Waals surface area contributed by atoms with Crippen molar-refractivity contribution < 1.29 is 4.74 Å². The highest BCUT2D eigenvalue weighted by Gasteiger charge is 2.02. The smallest absolute Gasteiger partial charge is 0.119 e. The predicted octanol–water partition coefficient (Wildman–Crippen LogP) is 6.38. The molecule has 0 saturated heterocycles. The van der Waals surface area contributed by atoms with Crippen LogP contribution in [0.15, 0.2) is 53.4 Å². The zero-order valence-electron chi connectivity index (χ0n) is 13.4. The second kappa shape index (κ2) is 9.58. The first kappa shape index (κ1) is 17.0. The van der Waals surface area contributed by atoms with E-state index in [1.165, 1.54) is 37.7 Å². The van der Waals surface area contributed by atoms with Crippen molar-refractivity contribution in [3.63, 3.8) is 0 Å². The van der Waals surface area contributed by atoms with Gasteiger partial charge in [-0.3, -0.25) is 0 Å².